The maximum atomic E-state index is 11.4. The Labute approximate surface area is 103 Å². The number of rotatable bonds is 3. The van der Waals surface area contributed by atoms with Crippen LogP contribution in [0.4, 0.5) is 5.82 Å². The van der Waals surface area contributed by atoms with Crippen molar-refractivity contribution in [3.05, 3.63) is 29.0 Å². The summed E-state index contributed by atoms with van der Waals surface area (Å²) in [6.45, 7) is 2.10. The zero-order valence-corrected chi connectivity index (χ0v) is 10.1. The van der Waals surface area contributed by atoms with Crippen molar-refractivity contribution < 1.29 is 9.53 Å². The molecule has 0 aliphatic heterocycles. The molecule has 0 atom stereocenters. The molecule has 0 bridgehead atoms. The predicted octanol–water partition coefficient (Wildman–Crippen LogP) is 1.68. The van der Waals surface area contributed by atoms with Gasteiger partial charge in [-0.15, -0.1) is 0 Å². The van der Waals surface area contributed by atoms with E-state index in [4.69, 9.17) is 22.1 Å². The molecule has 2 heterocycles. The molecule has 2 N–H and O–H groups in total. The van der Waals surface area contributed by atoms with E-state index >= 15 is 0 Å². The summed E-state index contributed by atoms with van der Waals surface area (Å²) >= 11 is 5.86. The molecule has 0 radical (unpaired) electrons. The second kappa shape index (κ2) is 4.63. The number of anilines is 1. The quantitative estimate of drug-likeness (QED) is 0.845. The molecule has 0 saturated heterocycles. The van der Waals surface area contributed by atoms with Crippen LogP contribution in [-0.2, 0) is 16.0 Å². The molecule has 0 aliphatic rings. The average Bonchev–Trinajstić information content (AvgIpc) is 2.57. The maximum absolute atomic E-state index is 11.4. The Morgan fingerprint density at radius 2 is 2.35 bits per heavy atom. The minimum absolute atomic E-state index is 0.0684. The number of ether oxygens (including phenoxy) is 1. The Balaban J connectivity index is 2.35. The van der Waals surface area contributed by atoms with E-state index in [1.165, 1.54) is 0 Å². The van der Waals surface area contributed by atoms with Crippen molar-refractivity contribution in [3.8, 4) is 0 Å². The highest BCUT2D eigenvalue weighted by molar-refractivity contribution is 6.30. The van der Waals surface area contributed by atoms with Gasteiger partial charge in [0.05, 0.1) is 23.7 Å². The number of fused-ring (bicyclic) bond motifs is 1. The molecule has 90 valence electrons. The summed E-state index contributed by atoms with van der Waals surface area (Å²) < 4.78 is 6.50. The topological polar surface area (TPSA) is 69.6 Å². The van der Waals surface area contributed by atoms with Gasteiger partial charge in [0.2, 0.25) is 0 Å². The molecule has 6 heteroatoms. The van der Waals surface area contributed by atoms with E-state index in [9.17, 15) is 4.79 Å². The summed E-state index contributed by atoms with van der Waals surface area (Å²) in [6, 6.07) is 3.46. The molecule has 0 saturated carbocycles. The summed E-state index contributed by atoms with van der Waals surface area (Å²) in [6.07, 6.45) is 1.73. The number of nitrogens with zero attached hydrogens (tertiary/aromatic N) is 2. The number of pyridine rings is 1. The van der Waals surface area contributed by atoms with E-state index in [2.05, 4.69) is 4.98 Å². The SMILES string of the molecule is CCOC(=O)Cc1nc2ccc(Cl)cn2c1N. The van der Waals surface area contributed by atoms with Gasteiger partial charge in [0.25, 0.3) is 0 Å². The highest BCUT2D eigenvalue weighted by Gasteiger charge is 2.13. The normalized spacial score (nSPS) is 10.7. The first-order chi connectivity index (χ1) is 8.11. The van der Waals surface area contributed by atoms with Gasteiger partial charge >= 0.3 is 5.97 Å². The van der Waals surface area contributed by atoms with Crippen LogP contribution in [-0.4, -0.2) is 22.0 Å². The van der Waals surface area contributed by atoms with Crippen LogP contribution in [0.1, 0.15) is 12.6 Å². The minimum Gasteiger partial charge on any atom is -0.466 e. The molecule has 0 amide bonds. The van der Waals surface area contributed by atoms with Crippen LogP contribution in [0, 0.1) is 0 Å². The molecule has 2 rings (SSSR count). The Hall–Kier alpha value is -1.75. The number of aromatic nitrogens is 2. The lowest BCUT2D eigenvalue weighted by Gasteiger charge is -2.00. The fourth-order valence-electron chi connectivity index (χ4n) is 1.56. The zero-order chi connectivity index (χ0) is 12.4. The number of hydrogen-bond acceptors (Lipinski definition) is 4. The molecule has 0 unspecified atom stereocenters. The van der Waals surface area contributed by atoms with E-state index < -0.39 is 0 Å². The van der Waals surface area contributed by atoms with E-state index in [-0.39, 0.29) is 12.4 Å². The molecule has 0 spiro atoms. The fraction of sp³-hybridized carbons (Fsp3) is 0.273. The van der Waals surface area contributed by atoms with Gasteiger partial charge in [-0.2, -0.15) is 0 Å². The minimum atomic E-state index is -0.339. The van der Waals surface area contributed by atoms with Crippen molar-refractivity contribution in [2.24, 2.45) is 0 Å². The Bertz CT molecular complexity index is 565. The fourth-order valence-corrected chi connectivity index (χ4v) is 1.73. The van der Waals surface area contributed by atoms with Crippen molar-refractivity contribution in [2.45, 2.75) is 13.3 Å². The molecule has 0 aromatic carbocycles. The summed E-state index contributed by atoms with van der Waals surface area (Å²) in [5, 5.41) is 0.560. The van der Waals surface area contributed by atoms with Gasteiger partial charge in [-0.25, -0.2) is 4.98 Å². The van der Waals surface area contributed by atoms with Gasteiger partial charge in [-0.05, 0) is 19.1 Å². The van der Waals surface area contributed by atoms with Gasteiger partial charge in [-0.1, -0.05) is 11.6 Å². The van der Waals surface area contributed by atoms with Crippen molar-refractivity contribution in [3.63, 3.8) is 0 Å². The van der Waals surface area contributed by atoms with Crippen molar-refractivity contribution in [2.75, 3.05) is 12.3 Å². The van der Waals surface area contributed by atoms with Gasteiger partial charge in [0, 0.05) is 6.20 Å². The predicted molar refractivity (Wildman–Crippen MR) is 65.0 cm³/mol. The van der Waals surface area contributed by atoms with E-state index in [0.717, 1.165) is 0 Å². The van der Waals surface area contributed by atoms with Crippen LogP contribution in [0.3, 0.4) is 0 Å². The molecule has 17 heavy (non-hydrogen) atoms. The second-order valence-corrected chi connectivity index (χ2v) is 3.94. The number of hydrogen-bond donors (Lipinski definition) is 1. The van der Waals surface area contributed by atoms with Crippen molar-refractivity contribution in [1.29, 1.82) is 0 Å². The standard InChI is InChI=1S/C11H12ClN3O2/c1-2-17-10(16)5-8-11(13)15-6-7(12)3-4-9(15)14-8/h3-4,6H,2,5,13H2,1H3. The monoisotopic (exact) mass is 253 g/mol. The highest BCUT2D eigenvalue weighted by atomic mass is 35.5. The van der Waals surface area contributed by atoms with Crippen LogP contribution >= 0.6 is 11.6 Å². The number of nitrogens with two attached hydrogens (primary N) is 1. The van der Waals surface area contributed by atoms with Crippen LogP contribution in [0.2, 0.25) is 5.02 Å². The molecule has 0 fully saturated rings. The van der Waals surface area contributed by atoms with Crippen molar-refractivity contribution >= 4 is 29.0 Å². The smallest absolute Gasteiger partial charge is 0.312 e. The third kappa shape index (κ3) is 2.34. The lowest BCUT2D eigenvalue weighted by Crippen LogP contribution is -2.09. The van der Waals surface area contributed by atoms with Gasteiger partial charge in [0.15, 0.2) is 0 Å². The van der Waals surface area contributed by atoms with E-state index in [1.54, 1.807) is 29.7 Å². The van der Waals surface area contributed by atoms with Crippen LogP contribution in [0.5, 0.6) is 0 Å². The second-order valence-electron chi connectivity index (χ2n) is 3.50. The summed E-state index contributed by atoms with van der Waals surface area (Å²) in [7, 11) is 0. The summed E-state index contributed by atoms with van der Waals surface area (Å²) in [5.41, 5.74) is 7.05. The van der Waals surface area contributed by atoms with Crippen LogP contribution in [0.25, 0.3) is 5.65 Å². The highest BCUT2D eigenvalue weighted by Crippen LogP contribution is 2.18. The first kappa shape index (κ1) is 11.7. The molecule has 2 aromatic heterocycles. The van der Waals surface area contributed by atoms with Crippen molar-refractivity contribution in [1.82, 2.24) is 9.38 Å². The zero-order valence-electron chi connectivity index (χ0n) is 9.31. The molecular weight excluding hydrogens is 242 g/mol. The maximum Gasteiger partial charge on any atom is 0.312 e. The average molecular weight is 254 g/mol. The molecular formula is C11H12ClN3O2. The number of esters is 1. The molecule has 0 aliphatic carbocycles. The number of carbonyl (C=O) groups is 1. The summed E-state index contributed by atoms with van der Waals surface area (Å²) in [4.78, 5) is 15.6. The van der Waals surface area contributed by atoms with Gasteiger partial charge in [-0.3, -0.25) is 9.20 Å². The van der Waals surface area contributed by atoms with Gasteiger partial charge < -0.3 is 10.5 Å². The number of halogens is 1. The van der Waals surface area contributed by atoms with Crippen LogP contribution < -0.4 is 5.73 Å². The lowest BCUT2D eigenvalue weighted by atomic mass is 10.3. The number of nitrogen functional groups attached to an aromatic ring is 1. The molecule has 2 aromatic rings. The first-order valence-electron chi connectivity index (χ1n) is 5.19. The largest absolute Gasteiger partial charge is 0.466 e. The third-order valence-corrected chi connectivity index (χ3v) is 2.54. The molecule has 5 nitrogen and oxygen atoms in total. The van der Waals surface area contributed by atoms with Gasteiger partial charge in [0.1, 0.15) is 11.5 Å². The lowest BCUT2D eigenvalue weighted by molar-refractivity contribution is -0.142. The van der Waals surface area contributed by atoms with E-state index in [1.807, 2.05) is 0 Å². The Morgan fingerprint density at radius 1 is 1.59 bits per heavy atom. The third-order valence-electron chi connectivity index (χ3n) is 2.31. The Kier molecular flexibility index (Phi) is 3.19. The number of imidazole rings is 1. The number of carbonyl (C=O) groups excluding carboxylic acids is 1. The summed E-state index contributed by atoms with van der Waals surface area (Å²) in [5.74, 6) is 0.0734. The first-order valence-corrected chi connectivity index (χ1v) is 5.57. The van der Waals surface area contributed by atoms with Crippen LogP contribution in [0.15, 0.2) is 18.3 Å². The Morgan fingerprint density at radius 3 is 3.06 bits per heavy atom. The van der Waals surface area contributed by atoms with E-state index in [0.29, 0.717) is 28.8 Å².